The molecule has 0 aliphatic carbocycles. The highest BCUT2D eigenvalue weighted by molar-refractivity contribution is 5.44. The third-order valence-corrected chi connectivity index (χ3v) is 2.08. The van der Waals surface area contributed by atoms with Crippen molar-refractivity contribution < 1.29 is 0 Å². The number of nitrogens with zero attached hydrogens (tertiary/aromatic N) is 2. The van der Waals surface area contributed by atoms with E-state index in [1.165, 1.54) is 4.57 Å². The van der Waals surface area contributed by atoms with Crippen LogP contribution in [0.4, 0.5) is 5.82 Å². The van der Waals surface area contributed by atoms with Crippen molar-refractivity contribution in [1.29, 1.82) is 0 Å². The van der Waals surface area contributed by atoms with Gasteiger partial charge in [0.1, 0.15) is 5.82 Å². The maximum absolute atomic E-state index is 11.1. The minimum Gasteiger partial charge on any atom is -0.370 e. The lowest BCUT2D eigenvalue weighted by Gasteiger charge is -2.16. The van der Waals surface area contributed by atoms with Gasteiger partial charge in [-0.15, -0.1) is 0 Å². The van der Waals surface area contributed by atoms with E-state index in [9.17, 15) is 4.79 Å². The molecule has 1 aromatic rings. The summed E-state index contributed by atoms with van der Waals surface area (Å²) < 4.78 is 1.52. The van der Waals surface area contributed by atoms with Gasteiger partial charge in [-0.25, -0.2) is 4.79 Å². The van der Waals surface area contributed by atoms with Gasteiger partial charge in [-0.3, -0.25) is 0 Å². The highest BCUT2D eigenvalue weighted by atomic mass is 16.1. The van der Waals surface area contributed by atoms with Crippen molar-refractivity contribution in [1.82, 2.24) is 9.55 Å². The van der Waals surface area contributed by atoms with Crippen LogP contribution < -0.4 is 11.0 Å². The Bertz CT molecular complexity index is 356. The van der Waals surface area contributed by atoms with Gasteiger partial charge in [0.25, 0.3) is 0 Å². The lowest BCUT2D eigenvalue weighted by atomic mass is 10.1. The summed E-state index contributed by atoms with van der Waals surface area (Å²) in [4.78, 5) is 15.0. The molecule has 0 saturated heterocycles. The molecule has 0 radical (unpaired) electrons. The van der Waals surface area contributed by atoms with Gasteiger partial charge >= 0.3 is 5.69 Å². The molecule has 0 spiro atoms. The summed E-state index contributed by atoms with van der Waals surface area (Å²) in [5.74, 6) is 0.768. The lowest BCUT2D eigenvalue weighted by molar-refractivity contribution is 0.745. The zero-order valence-electron chi connectivity index (χ0n) is 7.00. The number of rotatable bonds is 0. The van der Waals surface area contributed by atoms with Gasteiger partial charge in [0, 0.05) is 25.4 Å². The second-order valence-electron chi connectivity index (χ2n) is 3.04. The lowest BCUT2D eigenvalue weighted by Crippen LogP contribution is -2.25. The van der Waals surface area contributed by atoms with E-state index >= 15 is 0 Å². The highest BCUT2D eigenvalue weighted by Gasteiger charge is 2.10. The van der Waals surface area contributed by atoms with E-state index in [1.807, 2.05) is 6.20 Å². The topological polar surface area (TPSA) is 46.9 Å². The maximum Gasteiger partial charge on any atom is 0.349 e. The molecule has 4 nitrogen and oxygen atoms in total. The fourth-order valence-electron chi connectivity index (χ4n) is 1.42. The summed E-state index contributed by atoms with van der Waals surface area (Å²) in [6.45, 7) is 0.924. The normalized spacial score (nSPS) is 15.1. The third-order valence-electron chi connectivity index (χ3n) is 2.08. The molecular formula is C8H11N3O. The third kappa shape index (κ3) is 1.09. The Labute approximate surface area is 70.2 Å². The zero-order chi connectivity index (χ0) is 8.55. The average Bonchev–Trinajstić information content (AvgIpc) is 2.07. The van der Waals surface area contributed by atoms with E-state index in [-0.39, 0.29) is 5.69 Å². The Morgan fingerprint density at radius 2 is 2.50 bits per heavy atom. The molecule has 0 amide bonds. The first-order chi connectivity index (χ1) is 5.77. The smallest absolute Gasteiger partial charge is 0.349 e. The molecule has 2 rings (SSSR count). The molecule has 1 aliphatic rings. The molecule has 0 bridgehead atoms. The molecular weight excluding hydrogens is 154 g/mol. The Morgan fingerprint density at radius 1 is 1.67 bits per heavy atom. The monoisotopic (exact) mass is 165 g/mol. The second kappa shape index (κ2) is 2.62. The van der Waals surface area contributed by atoms with E-state index in [2.05, 4.69) is 10.3 Å². The molecule has 0 atom stereocenters. The SMILES string of the molecule is Cn1cc2c(nc1=O)NCCC2. The first kappa shape index (κ1) is 7.34. The Kier molecular flexibility index (Phi) is 1.60. The molecule has 0 unspecified atom stereocenters. The van der Waals surface area contributed by atoms with E-state index in [1.54, 1.807) is 7.05 Å². The number of aromatic nitrogens is 2. The molecule has 12 heavy (non-hydrogen) atoms. The summed E-state index contributed by atoms with van der Waals surface area (Å²) in [6, 6.07) is 0. The number of hydrogen-bond acceptors (Lipinski definition) is 3. The van der Waals surface area contributed by atoms with Gasteiger partial charge in [0.2, 0.25) is 0 Å². The van der Waals surface area contributed by atoms with Crippen molar-refractivity contribution in [3.63, 3.8) is 0 Å². The van der Waals surface area contributed by atoms with Gasteiger partial charge < -0.3 is 9.88 Å². The largest absolute Gasteiger partial charge is 0.370 e. The van der Waals surface area contributed by atoms with Gasteiger partial charge in [0.15, 0.2) is 0 Å². The van der Waals surface area contributed by atoms with Crippen LogP contribution in [0, 0.1) is 0 Å². The summed E-state index contributed by atoms with van der Waals surface area (Å²) in [7, 11) is 1.73. The number of nitrogens with one attached hydrogen (secondary N) is 1. The Hall–Kier alpha value is -1.32. The Balaban J connectivity index is 2.56. The van der Waals surface area contributed by atoms with E-state index in [0.717, 1.165) is 30.8 Å². The molecule has 4 heteroatoms. The fraction of sp³-hybridized carbons (Fsp3) is 0.500. The van der Waals surface area contributed by atoms with Crippen molar-refractivity contribution in [2.45, 2.75) is 12.8 Å². The molecule has 0 saturated carbocycles. The number of hydrogen-bond donors (Lipinski definition) is 1. The van der Waals surface area contributed by atoms with Crippen molar-refractivity contribution in [3.8, 4) is 0 Å². The summed E-state index contributed by atoms with van der Waals surface area (Å²) in [5, 5.41) is 3.11. The van der Waals surface area contributed by atoms with Crippen molar-refractivity contribution in [3.05, 3.63) is 22.2 Å². The van der Waals surface area contributed by atoms with Crippen LogP contribution in [0.5, 0.6) is 0 Å². The van der Waals surface area contributed by atoms with Crippen LogP contribution in [0.2, 0.25) is 0 Å². The van der Waals surface area contributed by atoms with Gasteiger partial charge in [-0.1, -0.05) is 0 Å². The molecule has 2 heterocycles. The highest BCUT2D eigenvalue weighted by Crippen LogP contribution is 2.15. The van der Waals surface area contributed by atoms with Crippen molar-refractivity contribution in [2.75, 3.05) is 11.9 Å². The quantitative estimate of drug-likeness (QED) is 0.594. The Morgan fingerprint density at radius 3 is 3.33 bits per heavy atom. The van der Waals surface area contributed by atoms with Gasteiger partial charge in [0.05, 0.1) is 0 Å². The molecule has 1 aliphatic heterocycles. The first-order valence-corrected chi connectivity index (χ1v) is 4.08. The predicted molar refractivity (Wildman–Crippen MR) is 46.3 cm³/mol. The number of aryl methyl sites for hydroxylation is 2. The molecule has 64 valence electrons. The van der Waals surface area contributed by atoms with Crippen LogP contribution in [0.15, 0.2) is 11.0 Å². The standard InChI is InChI=1S/C8H11N3O/c1-11-5-6-3-2-4-9-7(6)10-8(11)12/h5H,2-4H2,1H3,(H,9,10,12). The van der Waals surface area contributed by atoms with Crippen molar-refractivity contribution >= 4 is 5.82 Å². The van der Waals surface area contributed by atoms with Crippen LogP contribution in [0.3, 0.4) is 0 Å². The van der Waals surface area contributed by atoms with Crippen LogP contribution in [0.1, 0.15) is 12.0 Å². The van der Waals surface area contributed by atoms with E-state index in [4.69, 9.17) is 0 Å². The first-order valence-electron chi connectivity index (χ1n) is 4.08. The van der Waals surface area contributed by atoms with Crippen LogP contribution in [-0.4, -0.2) is 16.1 Å². The molecule has 1 N–H and O–H groups in total. The summed E-state index contributed by atoms with van der Waals surface area (Å²) >= 11 is 0. The maximum atomic E-state index is 11.1. The van der Waals surface area contributed by atoms with E-state index < -0.39 is 0 Å². The predicted octanol–water partition coefficient (Wildman–Crippen LogP) is 0.138. The van der Waals surface area contributed by atoms with Crippen LogP contribution >= 0.6 is 0 Å². The van der Waals surface area contributed by atoms with Crippen molar-refractivity contribution in [2.24, 2.45) is 7.05 Å². The minimum atomic E-state index is -0.192. The number of fused-ring (bicyclic) bond motifs is 1. The van der Waals surface area contributed by atoms with Crippen LogP contribution in [-0.2, 0) is 13.5 Å². The average molecular weight is 165 g/mol. The second-order valence-corrected chi connectivity index (χ2v) is 3.04. The van der Waals surface area contributed by atoms with Gasteiger partial charge in [-0.05, 0) is 12.8 Å². The van der Waals surface area contributed by atoms with E-state index in [0.29, 0.717) is 0 Å². The molecule has 1 aromatic heterocycles. The molecule has 0 aromatic carbocycles. The van der Waals surface area contributed by atoms with Gasteiger partial charge in [-0.2, -0.15) is 4.98 Å². The fourth-order valence-corrected chi connectivity index (χ4v) is 1.42. The van der Waals surface area contributed by atoms with Crippen LogP contribution in [0.25, 0.3) is 0 Å². The molecule has 0 fully saturated rings. The summed E-state index contributed by atoms with van der Waals surface area (Å²) in [6.07, 6.45) is 3.99. The summed E-state index contributed by atoms with van der Waals surface area (Å²) in [5.41, 5.74) is 0.950. The minimum absolute atomic E-state index is 0.192. The zero-order valence-corrected chi connectivity index (χ0v) is 7.00. The number of anilines is 1.